The van der Waals surface area contributed by atoms with Crippen LogP contribution in [0.4, 0.5) is 18.9 Å². The van der Waals surface area contributed by atoms with Crippen molar-refractivity contribution >= 4 is 21.6 Å². The molecule has 2 aromatic rings. The molecule has 3 rings (SSSR count). The van der Waals surface area contributed by atoms with Crippen LogP contribution in [0.3, 0.4) is 0 Å². The second-order valence-corrected chi connectivity index (χ2v) is 8.69. The molecule has 0 unspecified atom stereocenters. The summed E-state index contributed by atoms with van der Waals surface area (Å²) in [6.45, 7) is 2.00. The molecular weight excluding hydrogens is 411 g/mol. The second kappa shape index (κ2) is 7.76. The number of hydrogen-bond acceptors (Lipinski definition) is 5. The van der Waals surface area contributed by atoms with Crippen LogP contribution in [0, 0.1) is 0 Å². The van der Waals surface area contributed by atoms with Crippen molar-refractivity contribution in [1.82, 2.24) is 19.0 Å². The predicted octanol–water partition coefficient (Wildman–Crippen LogP) is 1.63. The highest BCUT2D eigenvalue weighted by Crippen LogP contribution is 2.31. The smallest absolute Gasteiger partial charge is 0.322 e. The summed E-state index contributed by atoms with van der Waals surface area (Å²) in [5, 5.41) is 5.63. The van der Waals surface area contributed by atoms with Crippen LogP contribution in [0.1, 0.15) is 16.1 Å². The third kappa shape index (κ3) is 4.60. The van der Waals surface area contributed by atoms with E-state index in [4.69, 9.17) is 0 Å². The molecule has 1 N–H and O–H groups in total. The van der Waals surface area contributed by atoms with Gasteiger partial charge in [0.05, 0.1) is 10.5 Å². The van der Waals surface area contributed by atoms with E-state index in [0.717, 1.165) is 10.9 Å². The van der Waals surface area contributed by atoms with Crippen LogP contribution in [0.15, 0.2) is 35.4 Å². The lowest BCUT2D eigenvalue weighted by atomic mass is 10.2. The lowest BCUT2D eigenvalue weighted by molar-refractivity contribution is -0.141. The van der Waals surface area contributed by atoms with Gasteiger partial charge in [-0.15, -0.1) is 0 Å². The molecular formula is C17H20F3N5O3S. The van der Waals surface area contributed by atoms with E-state index in [2.05, 4.69) is 10.4 Å². The summed E-state index contributed by atoms with van der Waals surface area (Å²) in [5.41, 5.74) is -1.73. The number of amides is 1. The van der Waals surface area contributed by atoms with Crippen molar-refractivity contribution in [3.63, 3.8) is 0 Å². The number of sulfonamides is 1. The highest BCUT2D eigenvalue weighted by Gasteiger charge is 2.39. The summed E-state index contributed by atoms with van der Waals surface area (Å²) >= 11 is 0. The minimum Gasteiger partial charge on any atom is -0.322 e. The topological polar surface area (TPSA) is 87.5 Å². The molecule has 1 aliphatic heterocycles. The number of nitrogens with one attached hydrogen (secondary N) is 1. The van der Waals surface area contributed by atoms with Crippen LogP contribution in [-0.4, -0.2) is 66.5 Å². The number of alkyl halides is 3. The van der Waals surface area contributed by atoms with E-state index in [1.54, 1.807) is 0 Å². The number of carbonyl (C=O) groups is 1. The summed E-state index contributed by atoms with van der Waals surface area (Å²) in [6.07, 6.45) is -3.79. The number of rotatable bonds is 4. The first kappa shape index (κ1) is 21.3. The van der Waals surface area contributed by atoms with Gasteiger partial charge in [0.2, 0.25) is 10.0 Å². The van der Waals surface area contributed by atoms with Crippen molar-refractivity contribution in [3.8, 4) is 0 Å². The monoisotopic (exact) mass is 431 g/mol. The van der Waals surface area contributed by atoms with E-state index in [1.165, 1.54) is 35.6 Å². The Hall–Kier alpha value is -2.44. The molecule has 29 heavy (non-hydrogen) atoms. The second-order valence-electron chi connectivity index (χ2n) is 6.75. The van der Waals surface area contributed by atoms with Crippen LogP contribution in [-0.2, 0) is 23.2 Å². The standard InChI is InChI=1S/C17H20F3N5O3S/c1-23-7-9-25(10-8-23)29(27,28)13-5-3-12(4-6-13)21-16(26)14-11-24(2)22-15(14)17(18,19)20/h3-6,11H,7-10H2,1-2H3,(H,21,26). The van der Waals surface area contributed by atoms with Crippen molar-refractivity contribution in [3.05, 3.63) is 41.7 Å². The Bertz CT molecular complexity index is 994. The number of carbonyl (C=O) groups excluding carboxylic acids is 1. The average molecular weight is 431 g/mol. The molecule has 1 aromatic carbocycles. The maximum Gasteiger partial charge on any atom is 0.435 e. The first-order valence-corrected chi connectivity index (χ1v) is 10.1. The van der Waals surface area contributed by atoms with Crippen molar-refractivity contribution in [2.24, 2.45) is 7.05 Å². The van der Waals surface area contributed by atoms with Crippen LogP contribution in [0.5, 0.6) is 0 Å². The van der Waals surface area contributed by atoms with Crippen LogP contribution in [0.2, 0.25) is 0 Å². The fourth-order valence-corrected chi connectivity index (χ4v) is 4.37. The van der Waals surface area contributed by atoms with Crippen LogP contribution < -0.4 is 5.32 Å². The van der Waals surface area contributed by atoms with E-state index < -0.39 is 33.4 Å². The van der Waals surface area contributed by atoms with Gasteiger partial charge >= 0.3 is 6.18 Å². The zero-order valence-electron chi connectivity index (χ0n) is 15.8. The number of aromatic nitrogens is 2. The Morgan fingerprint density at radius 1 is 1.07 bits per heavy atom. The number of piperazine rings is 1. The lowest BCUT2D eigenvalue weighted by Crippen LogP contribution is -2.46. The average Bonchev–Trinajstić information content (AvgIpc) is 3.05. The van der Waals surface area contributed by atoms with Crippen molar-refractivity contribution < 1.29 is 26.4 Å². The van der Waals surface area contributed by atoms with Crippen molar-refractivity contribution in [2.75, 3.05) is 38.5 Å². The van der Waals surface area contributed by atoms with Gasteiger partial charge in [-0.1, -0.05) is 0 Å². The molecule has 0 spiro atoms. The van der Waals surface area contributed by atoms with Gasteiger partial charge in [-0.25, -0.2) is 8.42 Å². The summed E-state index contributed by atoms with van der Waals surface area (Å²) < 4.78 is 66.7. The number of aryl methyl sites for hydroxylation is 1. The fraction of sp³-hybridized carbons (Fsp3) is 0.412. The van der Waals surface area contributed by atoms with Crippen molar-refractivity contribution in [1.29, 1.82) is 0 Å². The van der Waals surface area contributed by atoms with Gasteiger partial charge in [-0.05, 0) is 31.3 Å². The summed E-state index contributed by atoms with van der Waals surface area (Å²) in [7, 11) is -0.481. The number of benzene rings is 1. The van der Waals surface area contributed by atoms with Crippen LogP contribution in [0.25, 0.3) is 0 Å². The van der Waals surface area contributed by atoms with E-state index in [1.807, 2.05) is 11.9 Å². The third-order valence-electron chi connectivity index (χ3n) is 4.55. The van der Waals surface area contributed by atoms with Gasteiger partial charge in [0.1, 0.15) is 0 Å². The van der Waals surface area contributed by atoms with E-state index in [-0.39, 0.29) is 10.6 Å². The maximum absolute atomic E-state index is 13.0. The number of anilines is 1. The minimum absolute atomic E-state index is 0.0532. The molecule has 0 radical (unpaired) electrons. The van der Waals surface area contributed by atoms with E-state index >= 15 is 0 Å². The number of hydrogen-bond donors (Lipinski definition) is 1. The Morgan fingerprint density at radius 3 is 2.21 bits per heavy atom. The molecule has 1 aliphatic rings. The zero-order chi connectivity index (χ0) is 21.4. The van der Waals surface area contributed by atoms with Crippen molar-refractivity contribution in [2.45, 2.75) is 11.1 Å². The number of likely N-dealkylation sites (N-methyl/N-ethyl adjacent to an activating group) is 1. The van der Waals surface area contributed by atoms with Gasteiger partial charge in [0, 0.05) is 45.1 Å². The minimum atomic E-state index is -4.77. The fourth-order valence-electron chi connectivity index (χ4n) is 2.95. The largest absolute Gasteiger partial charge is 0.435 e. The first-order valence-electron chi connectivity index (χ1n) is 8.69. The van der Waals surface area contributed by atoms with Gasteiger partial charge < -0.3 is 10.2 Å². The zero-order valence-corrected chi connectivity index (χ0v) is 16.6. The highest BCUT2D eigenvalue weighted by atomic mass is 32.2. The lowest BCUT2D eigenvalue weighted by Gasteiger charge is -2.31. The molecule has 12 heteroatoms. The molecule has 1 aromatic heterocycles. The molecule has 8 nitrogen and oxygen atoms in total. The molecule has 158 valence electrons. The molecule has 1 amide bonds. The van der Waals surface area contributed by atoms with Gasteiger partial charge in [-0.2, -0.15) is 22.6 Å². The summed E-state index contributed by atoms with van der Waals surface area (Å²) in [4.78, 5) is 14.3. The first-order chi connectivity index (χ1) is 13.5. The molecule has 0 aliphatic carbocycles. The molecule has 2 heterocycles. The highest BCUT2D eigenvalue weighted by molar-refractivity contribution is 7.89. The van der Waals surface area contributed by atoms with E-state index in [9.17, 15) is 26.4 Å². The molecule has 1 saturated heterocycles. The Kier molecular flexibility index (Phi) is 5.70. The number of halogens is 3. The van der Waals surface area contributed by atoms with Crippen LogP contribution >= 0.6 is 0 Å². The predicted molar refractivity (Wildman–Crippen MR) is 98.9 cm³/mol. The quantitative estimate of drug-likeness (QED) is 0.795. The van der Waals surface area contributed by atoms with Gasteiger partial charge in [-0.3, -0.25) is 9.48 Å². The molecule has 1 fully saturated rings. The Balaban J connectivity index is 1.75. The van der Waals surface area contributed by atoms with Gasteiger partial charge in [0.15, 0.2) is 5.69 Å². The summed E-state index contributed by atoms with van der Waals surface area (Å²) in [6, 6.07) is 5.31. The van der Waals surface area contributed by atoms with E-state index in [0.29, 0.717) is 26.2 Å². The maximum atomic E-state index is 13.0. The van der Waals surface area contributed by atoms with Gasteiger partial charge in [0.25, 0.3) is 5.91 Å². The number of nitrogens with zero attached hydrogens (tertiary/aromatic N) is 4. The molecule has 0 atom stereocenters. The Labute approximate surface area is 165 Å². The Morgan fingerprint density at radius 2 is 1.66 bits per heavy atom. The summed E-state index contributed by atoms with van der Waals surface area (Å²) in [5.74, 6) is -0.986. The SMILES string of the molecule is CN1CCN(S(=O)(=O)c2ccc(NC(=O)c3cn(C)nc3C(F)(F)F)cc2)CC1. The normalized spacial score (nSPS) is 16.7. The molecule has 0 bridgehead atoms. The third-order valence-corrected chi connectivity index (χ3v) is 6.47. The molecule has 0 saturated carbocycles.